The molecule has 0 saturated carbocycles. The molecule has 154 valence electrons. The van der Waals surface area contributed by atoms with E-state index in [1.807, 2.05) is 50.2 Å². The molecule has 0 aliphatic carbocycles. The Morgan fingerprint density at radius 2 is 1.83 bits per heavy atom. The lowest BCUT2D eigenvalue weighted by Crippen LogP contribution is -2.28. The van der Waals surface area contributed by atoms with Crippen molar-refractivity contribution in [2.75, 3.05) is 23.9 Å². The number of hydrogen-bond donors (Lipinski definition) is 1. The molecule has 1 aliphatic heterocycles. The topological polar surface area (TPSA) is 58.6 Å². The fourth-order valence-electron chi connectivity index (χ4n) is 3.53. The highest BCUT2D eigenvalue weighted by molar-refractivity contribution is 6.04. The van der Waals surface area contributed by atoms with Gasteiger partial charge in [-0.15, -0.1) is 0 Å². The Hall–Kier alpha value is -2.82. The highest BCUT2D eigenvalue weighted by atomic mass is 16.5. The van der Waals surface area contributed by atoms with Gasteiger partial charge in [0.1, 0.15) is 5.75 Å². The second-order valence-electron chi connectivity index (χ2n) is 8.83. The molecule has 29 heavy (non-hydrogen) atoms. The average molecular weight is 395 g/mol. The van der Waals surface area contributed by atoms with Gasteiger partial charge < -0.3 is 15.0 Å². The third-order valence-corrected chi connectivity index (χ3v) is 5.62. The maximum absolute atomic E-state index is 12.9. The maximum Gasteiger partial charge on any atom is 0.229 e. The Bertz CT molecular complexity index is 944. The van der Waals surface area contributed by atoms with Crippen LogP contribution in [0.5, 0.6) is 5.75 Å². The van der Waals surface area contributed by atoms with E-state index in [9.17, 15) is 9.59 Å². The molecule has 0 aromatic heterocycles. The summed E-state index contributed by atoms with van der Waals surface area (Å²) in [6, 6.07) is 11.8. The van der Waals surface area contributed by atoms with Gasteiger partial charge in [-0.25, -0.2) is 0 Å². The molecule has 2 aromatic rings. The molecule has 0 spiro atoms. The molecule has 5 nitrogen and oxygen atoms in total. The van der Waals surface area contributed by atoms with Gasteiger partial charge in [0.05, 0.1) is 18.7 Å². The van der Waals surface area contributed by atoms with Gasteiger partial charge >= 0.3 is 0 Å². The zero-order valence-corrected chi connectivity index (χ0v) is 18.1. The molecule has 1 heterocycles. The molecule has 2 amide bonds. The minimum absolute atomic E-state index is 0.0242. The summed E-state index contributed by atoms with van der Waals surface area (Å²) in [6.45, 7) is 10.8. The average Bonchev–Trinajstić information content (AvgIpc) is 3.05. The van der Waals surface area contributed by atoms with Gasteiger partial charge in [0, 0.05) is 18.7 Å². The van der Waals surface area contributed by atoms with Crippen molar-refractivity contribution in [2.45, 2.75) is 46.5 Å². The molecule has 1 atom stereocenters. The van der Waals surface area contributed by atoms with E-state index in [0.717, 1.165) is 16.8 Å². The summed E-state index contributed by atoms with van der Waals surface area (Å²) in [5.41, 5.74) is 4.86. The van der Waals surface area contributed by atoms with E-state index < -0.39 is 5.92 Å². The number of nitrogens with zero attached hydrogens (tertiary/aromatic N) is 1. The zero-order chi connectivity index (χ0) is 21.3. The van der Waals surface area contributed by atoms with Crippen molar-refractivity contribution >= 4 is 23.2 Å². The minimum Gasteiger partial charge on any atom is -0.495 e. The van der Waals surface area contributed by atoms with Gasteiger partial charge in [-0.3, -0.25) is 9.59 Å². The van der Waals surface area contributed by atoms with Gasteiger partial charge in [0.2, 0.25) is 11.8 Å². The number of benzene rings is 2. The van der Waals surface area contributed by atoms with Crippen LogP contribution >= 0.6 is 0 Å². The number of ether oxygens (including phenoxy) is 1. The van der Waals surface area contributed by atoms with Crippen molar-refractivity contribution in [3.05, 3.63) is 53.1 Å². The van der Waals surface area contributed by atoms with Gasteiger partial charge in [0.25, 0.3) is 0 Å². The van der Waals surface area contributed by atoms with Crippen LogP contribution in [0.4, 0.5) is 11.4 Å². The molecule has 0 bridgehead atoms. The Morgan fingerprint density at radius 3 is 2.45 bits per heavy atom. The summed E-state index contributed by atoms with van der Waals surface area (Å²) < 4.78 is 5.42. The van der Waals surface area contributed by atoms with Crippen LogP contribution in [0.3, 0.4) is 0 Å². The van der Waals surface area contributed by atoms with Crippen molar-refractivity contribution in [1.29, 1.82) is 0 Å². The van der Waals surface area contributed by atoms with E-state index in [0.29, 0.717) is 18.0 Å². The fraction of sp³-hybridized carbons (Fsp3) is 0.417. The van der Waals surface area contributed by atoms with E-state index in [1.54, 1.807) is 12.0 Å². The van der Waals surface area contributed by atoms with Gasteiger partial charge in [-0.05, 0) is 60.2 Å². The Kier molecular flexibility index (Phi) is 5.69. The molecule has 2 aromatic carbocycles. The number of carbonyl (C=O) groups is 2. The molecule has 1 aliphatic rings. The van der Waals surface area contributed by atoms with Crippen molar-refractivity contribution in [3.63, 3.8) is 0 Å². The van der Waals surface area contributed by atoms with Crippen LogP contribution in [-0.2, 0) is 15.0 Å². The highest BCUT2D eigenvalue weighted by Crippen LogP contribution is 2.33. The summed E-state index contributed by atoms with van der Waals surface area (Å²) in [6.07, 6.45) is 0.208. The number of hydrogen-bond acceptors (Lipinski definition) is 3. The maximum atomic E-state index is 12.9. The van der Waals surface area contributed by atoms with Crippen LogP contribution < -0.4 is 15.0 Å². The lowest BCUT2D eigenvalue weighted by atomic mass is 9.86. The number of carbonyl (C=O) groups excluding carboxylic acids is 2. The lowest BCUT2D eigenvalue weighted by Gasteiger charge is -2.22. The second-order valence-corrected chi connectivity index (χ2v) is 8.83. The lowest BCUT2D eigenvalue weighted by molar-refractivity contribution is -0.122. The molecular weight excluding hydrogens is 364 g/mol. The SMILES string of the molecule is COc1ccc(C(C)(C)C)cc1NC(=O)[C@H]1CC(=O)N(c2ccc(C)c(C)c2)C1. The molecule has 5 heteroatoms. The predicted octanol–water partition coefficient (Wildman–Crippen LogP) is 4.60. The first kappa shape index (κ1) is 20.9. The largest absolute Gasteiger partial charge is 0.495 e. The molecule has 3 rings (SSSR count). The highest BCUT2D eigenvalue weighted by Gasteiger charge is 2.35. The van der Waals surface area contributed by atoms with Crippen LogP contribution in [-0.4, -0.2) is 25.5 Å². The second kappa shape index (κ2) is 7.90. The molecule has 1 N–H and O–H groups in total. The van der Waals surface area contributed by atoms with Gasteiger partial charge in [-0.1, -0.05) is 32.9 Å². The summed E-state index contributed by atoms with van der Waals surface area (Å²) in [7, 11) is 1.59. The third kappa shape index (κ3) is 4.44. The molecule has 0 radical (unpaired) electrons. The quantitative estimate of drug-likeness (QED) is 0.824. The van der Waals surface area contributed by atoms with Crippen LogP contribution in [0, 0.1) is 19.8 Å². The van der Waals surface area contributed by atoms with E-state index in [2.05, 4.69) is 26.1 Å². The number of rotatable bonds is 4. The van der Waals surface area contributed by atoms with Crippen molar-refractivity contribution in [1.82, 2.24) is 0 Å². The molecule has 1 saturated heterocycles. The van der Waals surface area contributed by atoms with Crippen LogP contribution in [0.1, 0.15) is 43.9 Å². The minimum atomic E-state index is -0.396. The van der Waals surface area contributed by atoms with Gasteiger partial charge in [-0.2, -0.15) is 0 Å². The van der Waals surface area contributed by atoms with E-state index in [4.69, 9.17) is 4.74 Å². The number of amides is 2. The number of methoxy groups -OCH3 is 1. The van der Waals surface area contributed by atoms with E-state index in [1.165, 1.54) is 5.56 Å². The summed E-state index contributed by atoms with van der Waals surface area (Å²) in [5, 5.41) is 2.99. The Labute approximate surface area is 173 Å². The Morgan fingerprint density at radius 1 is 1.10 bits per heavy atom. The summed E-state index contributed by atoms with van der Waals surface area (Å²) >= 11 is 0. The Balaban J connectivity index is 1.78. The number of nitrogens with one attached hydrogen (secondary N) is 1. The first-order valence-electron chi connectivity index (χ1n) is 9.97. The zero-order valence-electron chi connectivity index (χ0n) is 18.1. The normalized spacial score (nSPS) is 16.8. The number of aryl methyl sites for hydroxylation is 2. The standard InChI is InChI=1S/C24H30N2O3/c1-15-7-9-19(11-16(15)2)26-14-17(12-22(26)27)23(28)25-20-13-18(24(3,4)5)8-10-21(20)29-6/h7-11,13,17H,12,14H2,1-6H3,(H,25,28)/t17-/m0/s1. The molecular formula is C24H30N2O3. The van der Waals surface area contributed by atoms with Crippen molar-refractivity contribution in [2.24, 2.45) is 5.92 Å². The first-order chi connectivity index (χ1) is 13.6. The van der Waals surface area contributed by atoms with Crippen LogP contribution in [0.2, 0.25) is 0 Å². The van der Waals surface area contributed by atoms with Crippen LogP contribution in [0.15, 0.2) is 36.4 Å². The molecule has 1 fully saturated rings. The third-order valence-electron chi connectivity index (χ3n) is 5.62. The molecule has 0 unspecified atom stereocenters. The van der Waals surface area contributed by atoms with E-state index in [-0.39, 0.29) is 23.7 Å². The van der Waals surface area contributed by atoms with Crippen molar-refractivity contribution < 1.29 is 14.3 Å². The number of anilines is 2. The van der Waals surface area contributed by atoms with Gasteiger partial charge in [0.15, 0.2) is 0 Å². The van der Waals surface area contributed by atoms with Crippen molar-refractivity contribution in [3.8, 4) is 5.75 Å². The van der Waals surface area contributed by atoms with Crippen LogP contribution in [0.25, 0.3) is 0 Å². The summed E-state index contributed by atoms with van der Waals surface area (Å²) in [5.74, 6) is 0.0339. The first-order valence-corrected chi connectivity index (χ1v) is 9.97. The predicted molar refractivity (Wildman–Crippen MR) is 117 cm³/mol. The monoisotopic (exact) mass is 394 g/mol. The van der Waals surface area contributed by atoms with E-state index >= 15 is 0 Å². The fourth-order valence-corrected chi connectivity index (χ4v) is 3.53. The summed E-state index contributed by atoms with van der Waals surface area (Å²) in [4.78, 5) is 27.2. The smallest absolute Gasteiger partial charge is 0.229 e.